The first-order valence-electron chi connectivity index (χ1n) is 10.3. The molecule has 4 rings (SSSR count). The molecule has 0 radical (unpaired) electrons. The molecule has 0 saturated carbocycles. The number of ether oxygens (including phenoxy) is 1. The molecule has 5 heteroatoms. The summed E-state index contributed by atoms with van der Waals surface area (Å²) >= 11 is 0. The van der Waals surface area contributed by atoms with E-state index >= 15 is 0 Å². The average Bonchev–Trinajstić information content (AvgIpc) is 3.27. The van der Waals surface area contributed by atoms with Gasteiger partial charge in [0.05, 0.1) is 12.6 Å². The molecule has 2 aromatic carbocycles. The van der Waals surface area contributed by atoms with Crippen LogP contribution in [0.1, 0.15) is 41.4 Å². The predicted molar refractivity (Wildman–Crippen MR) is 112 cm³/mol. The zero-order valence-corrected chi connectivity index (χ0v) is 17.3. The number of aryl methyl sites for hydroxylation is 1. The Hall–Kier alpha value is -2.82. The summed E-state index contributed by atoms with van der Waals surface area (Å²) in [6.45, 7) is 8.38. The van der Waals surface area contributed by atoms with Crippen LogP contribution in [0.2, 0.25) is 0 Å². The molecule has 0 aliphatic carbocycles. The van der Waals surface area contributed by atoms with Crippen molar-refractivity contribution in [3.8, 4) is 5.75 Å². The molecule has 3 atom stereocenters. The fraction of sp³-hybridized carbons (Fsp3) is 0.417. The lowest BCUT2D eigenvalue weighted by Crippen LogP contribution is -2.36. The Morgan fingerprint density at radius 1 is 1.03 bits per heavy atom. The molecule has 0 bridgehead atoms. The van der Waals surface area contributed by atoms with Gasteiger partial charge in [-0.3, -0.25) is 9.59 Å². The molecule has 0 N–H and O–H groups in total. The van der Waals surface area contributed by atoms with Crippen molar-refractivity contribution in [2.45, 2.75) is 26.8 Å². The van der Waals surface area contributed by atoms with Crippen LogP contribution in [0.5, 0.6) is 5.75 Å². The third-order valence-electron chi connectivity index (χ3n) is 6.28. The van der Waals surface area contributed by atoms with E-state index in [1.807, 2.05) is 53.1 Å². The monoisotopic (exact) mass is 392 g/mol. The first kappa shape index (κ1) is 19.5. The zero-order valence-electron chi connectivity index (χ0n) is 17.3. The number of benzene rings is 2. The quantitative estimate of drug-likeness (QED) is 0.797. The van der Waals surface area contributed by atoms with Gasteiger partial charge in [0.15, 0.2) is 0 Å². The highest BCUT2D eigenvalue weighted by molar-refractivity contribution is 5.94. The largest absolute Gasteiger partial charge is 0.494 e. The van der Waals surface area contributed by atoms with E-state index in [9.17, 15) is 9.59 Å². The van der Waals surface area contributed by atoms with Crippen molar-refractivity contribution in [2.75, 3.05) is 26.2 Å². The summed E-state index contributed by atoms with van der Waals surface area (Å²) in [5.74, 6) is 1.53. The number of nitrogens with zero attached hydrogens (tertiary/aromatic N) is 2. The Kier molecular flexibility index (Phi) is 5.31. The summed E-state index contributed by atoms with van der Waals surface area (Å²) in [4.78, 5) is 29.4. The molecule has 2 fully saturated rings. The number of hydrogen-bond acceptors (Lipinski definition) is 3. The van der Waals surface area contributed by atoms with Gasteiger partial charge in [-0.2, -0.15) is 0 Å². The maximum atomic E-state index is 13.1. The highest BCUT2D eigenvalue weighted by Crippen LogP contribution is 2.46. The average molecular weight is 392 g/mol. The van der Waals surface area contributed by atoms with E-state index in [0.717, 1.165) is 5.75 Å². The van der Waals surface area contributed by atoms with E-state index in [4.69, 9.17) is 4.74 Å². The highest BCUT2D eigenvalue weighted by atomic mass is 16.5. The van der Waals surface area contributed by atoms with E-state index in [2.05, 4.69) is 19.1 Å². The Bertz CT molecular complexity index is 909. The SMILES string of the molecule is CCOc1ccc(C(=O)N2C[C@@H]3CN(C(C)=O)[C@@H](c4ccccc4C)[C@@H]3C2)cc1. The number of likely N-dealkylation sites (tertiary alicyclic amines) is 2. The van der Waals surface area contributed by atoms with Crippen molar-refractivity contribution < 1.29 is 14.3 Å². The zero-order chi connectivity index (χ0) is 20.5. The molecule has 2 aromatic rings. The summed E-state index contributed by atoms with van der Waals surface area (Å²) < 4.78 is 5.47. The summed E-state index contributed by atoms with van der Waals surface area (Å²) in [6.07, 6.45) is 0. The third-order valence-corrected chi connectivity index (χ3v) is 6.28. The van der Waals surface area contributed by atoms with Crippen molar-refractivity contribution in [1.82, 2.24) is 9.80 Å². The lowest BCUT2D eigenvalue weighted by atomic mass is 9.87. The first-order chi connectivity index (χ1) is 14.0. The molecule has 0 spiro atoms. The number of carbonyl (C=O) groups is 2. The molecular formula is C24H28N2O3. The molecule has 0 unspecified atom stereocenters. The van der Waals surface area contributed by atoms with Crippen LogP contribution in [-0.4, -0.2) is 47.9 Å². The lowest BCUT2D eigenvalue weighted by molar-refractivity contribution is -0.130. The fourth-order valence-electron chi connectivity index (χ4n) is 4.90. The number of rotatable bonds is 4. The van der Waals surface area contributed by atoms with Crippen molar-refractivity contribution in [2.24, 2.45) is 11.8 Å². The van der Waals surface area contributed by atoms with Gasteiger partial charge in [-0.15, -0.1) is 0 Å². The Morgan fingerprint density at radius 3 is 2.41 bits per heavy atom. The van der Waals surface area contributed by atoms with E-state index in [-0.39, 0.29) is 23.8 Å². The van der Waals surface area contributed by atoms with Gasteiger partial charge in [0.1, 0.15) is 5.75 Å². The summed E-state index contributed by atoms with van der Waals surface area (Å²) in [5, 5.41) is 0. The van der Waals surface area contributed by atoms with Gasteiger partial charge >= 0.3 is 0 Å². The van der Waals surface area contributed by atoms with Crippen molar-refractivity contribution in [3.63, 3.8) is 0 Å². The third kappa shape index (κ3) is 3.61. The Labute approximate surface area is 172 Å². The lowest BCUT2D eigenvalue weighted by Gasteiger charge is -2.30. The second kappa shape index (κ2) is 7.90. The fourth-order valence-corrected chi connectivity index (χ4v) is 4.90. The van der Waals surface area contributed by atoms with E-state index < -0.39 is 0 Å². The Balaban J connectivity index is 1.55. The van der Waals surface area contributed by atoms with Gasteiger partial charge in [0, 0.05) is 44.0 Å². The van der Waals surface area contributed by atoms with Crippen LogP contribution in [0.3, 0.4) is 0 Å². The summed E-state index contributed by atoms with van der Waals surface area (Å²) in [7, 11) is 0. The minimum absolute atomic E-state index is 0.0387. The normalized spacial score (nSPS) is 23.2. The van der Waals surface area contributed by atoms with Crippen LogP contribution in [0.4, 0.5) is 0 Å². The van der Waals surface area contributed by atoms with Gasteiger partial charge in [-0.25, -0.2) is 0 Å². The van der Waals surface area contributed by atoms with Gasteiger partial charge < -0.3 is 14.5 Å². The molecule has 2 heterocycles. The number of hydrogen-bond donors (Lipinski definition) is 0. The van der Waals surface area contributed by atoms with E-state index in [1.165, 1.54) is 11.1 Å². The van der Waals surface area contributed by atoms with E-state index in [1.54, 1.807) is 6.92 Å². The standard InChI is InChI=1S/C24H28N2O3/c1-4-29-20-11-9-18(10-12-20)24(28)25-13-19-14-26(17(3)27)23(22(19)15-25)21-8-6-5-7-16(21)2/h5-12,19,22-23H,4,13-15H2,1-3H3/t19-,22-,23+/m1/s1. The molecule has 5 nitrogen and oxygen atoms in total. The summed E-state index contributed by atoms with van der Waals surface area (Å²) in [5.41, 5.74) is 3.08. The summed E-state index contributed by atoms with van der Waals surface area (Å²) in [6, 6.07) is 15.7. The number of carbonyl (C=O) groups excluding carboxylic acids is 2. The van der Waals surface area contributed by atoms with E-state index in [0.29, 0.717) is 37.7 Å². The van der Waals surface area contributed by atoms with Gasteiger partial charge in [-0.05, 0) is 49.2 Å². The second-order valence-corrected chi connectivity index (χ2v) is 8.06. The van der Waals surface area contributed by atoms with Crippen molar-refractivity contribution >= 4 is 11.8 Å². The van der Waals surface area contributed by atoms with Crippen molar-refractivity contribution in [1.29, 1.82) is 0 Å². The maximum absolute atomic E-state index is 13.1. The molecular weight excluding hydrogens is 364 g/mol. The molecule has 152 valence electrons. The Morgan fingerprint density at radius 2 is 1.76 bits per heavy atom. The van der Waals surface area contributed by atoms with Crippen LogP contribution < -0.4 is 4.74 Å². The van der Waals surface area contributed by atoms with Crippen LogP contribution in [-0.2, 0) is 4.79 Å². The predicted octanol–water partition coefficient (Wildman–Crippen LogP) is 3.69. The van der Waals surface area contributed by atoms with Gasteiger partial charge in [-0.1, -0.05) is 24.3 Å². The number of amides is 2. The molecule has 2 saturated heterocycles. The van der Waals surface area contributed by atoms with Crippen LogP contribution in [0.25, 0.3) is 0 Å². The van der Waals surface area contributed by atoms with Crippen LogP contribution in [0.15, 0.2) is 48.5 Å². The maximum Gasteiger partial charge on any atom is 0.253 e. The first-order valence-corrected chi connectivity index (χ1v) is 10.3. The topological polar surface area (TPSA) is 49.9 Å². The van der Waals surface area contributed by atoms with Crippen LogP contribution in [0, 0.1) is 18.8 Å². The molecule has 2 aliphatic heterocycles. The molecule has 2 aliphatic rings. The van der Waals surface area contributed by atoms with Gasteiger partial charge in [0.2, 0.25) is 5.91 Å². The number of fused-ring (bicyclic) bond motifs is 1. The minimum Gasteiger partial charge on any atom is -0.494 e. The highest BCUT2D eigenvalue weighted by Gasteiger charge is 2.49. The van der Waals surface area contributed by atoms with Gasteiger partial charge in [0.25, 0.3) is 5.91 Å². The van der Waals surface area contributed by atoms with Crippen LogP contribution >= 0.6 is 0 Å². The molecule has 0 aromatic heterocycles. The second-order valence-electron chi connectivity index (χ2n) is 8.06. The molecule has 29 heavy (non-hydrogen) atoms. The molecule has 2 amide bonds. The minimum atomic E-state index is 0.0387. The van der Waals surface area contributed by atoms with Crippen molar-refractivity contribution in [3.05, 3.63) is 65.2 Å². The smallest absolute Gasteiger partial charge is 0.253 e.